The number of aryl methyl sites for hydroxylation is 1. The highest BCUT2D eigenvalue weighted by atomic mass is 16.7. The molecular formula is C34H38N2O9. The molecular weight excluding hydrogens is 580 g/mol. The number of ether oxygens (including phenoxy) is 3. The van der Waals surface area contributed by atoms with Gasteiger partial charge in [0.2, 0.25) is 6.29 Å². The SMILES string of the molecule is Cc1c(-c2ccc(O[C@@H]3O[C@H](C(=O)O)[C@@H](O)[C@H](O)[C@H]3O)cc2)n(Cc2ccc(OCCN3CCCC3)cc2)c2ccc(O)cc12. The second-order valence-corrected chi connectivity index (χ2v) is 11.7. The van der Waals surface area contributed by atoms with Crippen LogP contribution in [0, 0.1) is 6.92 Å². The number of phenols is 1. The van der Waals surface area contributed by atoms with Gasteiger partial charge in [-0.15, -0.1) is 0 Å². The largest absolute Gasteiger partial charge is 0.508 e. The lowest BCUT2D eigenvalue weighted by Crippen LogP contribution is -2.61. The molecule has 2 fully saturated rings. The van der Waals surface area contributed by atoms with Gasteiger partial charge in [-0.3, -0.25) is 4.90 Å². The molecule has 0 bridgehead atoms. The summed E-state index contributed by atoms with van der Waals surface area (Å²) < 4.78 is 19.1. The Labute approximate surface area is 260 Å². The molecule has 3 heterocycles. The van der Waals surface area contributed by atoms with E-state index in [9.17, 15) is 30.3 Å². The van der Waals surface area contributed by atoms with Crippen molar-refractivity contribution in [3.05, 3.63) is 77.9 Å². The van der Waals surface area contributed by atoms with E-state index in [2.05, 4.69) is 21.6 Å². The average molecular weight is 619 g/mol. The molecule has 0 amide bonds. The van der Waals surface area contributed by atoms with Crippen LogP contribution < -0.4 is 9.47 Å². The average Bonchev–Trinajstić information content (AvgIpc) is 3.64. The first kappa shape index (κ1) is 30.9. The number of aromatic nitrogens is 1. The molecule has 0 spiro atoms. The quantitative estimate of drug-likeness (QED) is 0.179. The Morgan fingerprint density at radius 2 is 1.60 bits per heavy atom. The summed E-state index contributed by atoms with van der Waals surface area (Å²) in [7, 11) is 0. The highest BCUT2D eigenvalue weighted by Gasteiger charge is 2.48. The van der Waals surface area contributed by atoms with Crippen LogP contribution in [0.25, 0.3) is 22.2 Å². The maximum Gasteiger partial charge on any atom is 0.335 e. The summed E-state index contributed by atoms with van der Waals surface area (Å²) in [6.07, 6.45) is -5.95. The number of aliphatic carboxylic acids is 1. The summed E-state index contributed by atoms with van der Waals surface area (Å²) in [4.78, 5) is 13.9. The Bertz CT molecular complexity index is 1630. The Morgan fingerprint density at radius 3 is 2.29 bits per heavy atom. The Hall–Kier alpha value is -4.13. The summed E-state index contributed by atoms with van der Waals surface area (Å²) >= 11 is 0. The van der Waals surface area contributed by atoms with E-state index in [4.69, 9.17) is 14.2 Å². The minimum Gasteiger partial charge on any atom is -0.508 e. The number of carboxylic acid groups (broad SMARTS) is 1. The molecule has 45 heavy (non-hydrogen) atoms. The van der Waals surface area contributed by atoms with Gasteiger partial charge in [-0.25, -0.2) is 4.79 Å². The number of likely N-dealkylation sites (tertiary alicyclic amines) is 1. The van der Waals surface area contributed by atoms with Crippen LogP contribution in [0.4, 0.5) is 0 Å². The zero-order valence-electron chi connectivity index (χ0n) is 25.0. The third kappa shape index (κ3) is 6.49. The van der Waals surface area contributed by atoms with Crippen LogP contribution in [0.2, 0.25) is 0 Å². The number of aliphatic hydroxyl groups is 3. The number of hydrogen-bond donors (Lipinski definition) is 5. The number of phenolic OH excluding ortho intramolecular Hbond substituents is 1. The van der Waals surface area contributed by atoms with Crippen molar-refractivity contribution in [2.24, 2.45) is 0 Å². The van der Waals surface area contributed by atoms with Gasteiger partial charge in [0, 0.05) is 24.0 Å². The van der Waals surface area contributed by atoms with Crippen LogP contribution in [0.3, 0.4) is 0 Å². The molecule has 0 radical (unpaired) electrons. The van der Waals surface area contributed by atoms with Crippen molar-refractivity contribution in [3.63, 3.8) is 0 Å². The Kier molecular flexibility index (Phi) is 8.97. The minimum atomic E-state index is -1.80. The first-order valence-electron chi connectivity index (χ1n) is 15.1. The molecule has 6 rings (SSSR count). The van der Waals surface area contributed by atoms with Gasteiger partial charge in [-0.1, -0.05) is 12.1 Å². The topological polar surface area (TPSA) is 154 Å². The van der Waals surface area contributed by atoms with Crippen LogP contribution in [0.1, 0.15) is 24.0 Å². The zero-order chi connectivity index (χ0) is 31.7. The van der Waals surface area contributed by atoms with E-state index in [1.807, 2.05) is 37.3 Å². The predicted molar refractivity (Wildman–Crippen MR) is 165 cm³/mol. The summed E-state index contributed by atoms with van der Waals surface area (Å²) in [6, 6.07) is 20.4. The van der Waals surface area contributed by atoms with Crippen molar-refractivity contribution >= 4 is 16.9 Å². The minimum absolute atomic E-state index is 0.173. The monoisotopic (exact) mass is 618 g/mol. The maximum absolute atomic E-state index is 11.5. The standard InChI is InChI=1S/C34H38N2O9/c1-20-26-18-23(37)8-13-27(26)36(19-21-4-9-24(10-5-21)43-17-16-35-14-2-3-15-35)28(20)22-6-11-25(12-7-22)44-34-31(40)29(38)30(39)32(45-34)33(41)42/h4-13,18,29-32,34,37-40H,2-3,14-17,19H2,1H3,(H,41,42)/t29-,30-,31+,32-,34+/m0/s1. The van der Waals surface area contributed by atoms with E-state index in [1.165, 1.54) is 12.8 Å². The first-order chi connectivity index (χ1) is 21.7. The van der Waals surface area contributed by atoms with Gasteiger partial charge in [0.1, 0.15) is 42.2 Å². The molecule has 2 aliphatic heterocycles. The third-order valence-electron chi connectivity index (χ3n) is 8.63. The molecule has 1 aromatic heterocycles. The van der Waals surface area contributed by atoms with Crippen LogP contribution >= 0.6 is 0 Å². The van der Waals surface area contributed by atoms with Gasteiger partial charge in [-0.2, -0.15) is 0 Å². The molecule has 11 heteroatoms. The fourth-order valence-corrected chi connectivity index (χ4v) is 6.19. The van der Waals surface area contributed by atoms with Gasteiger partial charge in [0.15, 0.2) is 6.10 Å². The van der Waals surface area contributed by atoms with Crippen LogP contribution in [-0.4, -0.2) is 97.9 Å². The number of nitrogens with zero attached hydrogens (tertiary/aromatic N) is 2. The van der Waals surface area contributed by atoms with Crippen molar-refractivity contribution in [1.29, 1.82) is 0 Å². The molecule has 0 aliphatic carbocycles. The lowest BCUT2D eigenvalue weighted by Gasteiger charge is -2.38. The third-order valence-corrected chi connectivity index (χ3v) is 8.63. The van der Waals surface area contributed by atoms with Gasteiger partial charge in [-0.05, 0) is 104 Å². The number of hydrogen-bond acceptors (Lipinski definition) is 9. The van der Waals surface area contributed by atoms with Crippen molar-refractivity contribution in [2.75, 3.05) is 26.2 Å². The van der Waals surface area contributed by atoms with Gasteiger partial charge < -0.3 is 44.3 Å². The normalized spacial score (nSPS) is 23.8. The lowest BCUT2D eigenvalue weighted by atomic mass is 9.99. The van der Waals surface area contributed by atoms with Crippen LogP contribution in [0.5, 0.6) is 17.2 Å². The number of benzene rings is 3. The number of carboxylic acids is 1. The van der Waals surface area contributed by atoms with Crippen molar-refractivity contribution in [3.8, 4) is 28.5 Å². The van der Waals surface area contributed by atoms with Gasteiger partial charge in [0.25, 0.3) is 0 Å². The van der Waals surface area contributed by atoms with Gasteiger partial charge >= 0.3 is 5.97 Å². The van der Waals surface area contributed by atoms with E-state index in [0.717, 1.165) is 58.7 Å². The van der Waals surface area contributed by atoms with E-state index >= 15 is 0 Å². The van der Waals surface area contributed by atoms with Crippen LogP contribution in [0.15, 0.2) is 66.7 Å². The lowest BCUT2D eigenvalue weighted by molar-refractivity contribution is -0.271. The molecule has 238 valence electrons. The molecule has 2 aliphatic rings. The smallest absolute Gasteiger partial charge is 0.335 e. The molecule has 3 aromatic carbocycles. The second-order valence-electron chi connectivity index (χ2n) is 11.7. The molecule has 11 nitrogen and oxygen atoms in total. The maximum atomic E-state index is 11.5. The van der Waals surface area contributed by atoms with Crippen molar-refractivity contribution < 1.29 is 44.5 Å². The number of rotatable bonds is 10. The number of fused-ring (bicyclic) bond motifs is 1. The summed E-state index contributed by atoms with van der Waals surface area (Å²) in [6.45, 7) is 6.43. The summed E-state index contributed by atoms with van der Waals surface area (Å²) in [5.74, 6) is -0.206. The Morgan fingerprint density at radius 1 is 0.911 bits per heavy atom. The molecule has 0 unspecified atom stereocenters. The summed E-state index contributed by atoms with van der Waals surface area (Å²) in [5, 5.41) is 50.9. The highest BCUT2D eigenvalue weighted by Crippen LogP contribution is 2.37. The molecule has 2 saturated heterocycles. The van der Waals surface area contributed by atoms with Crippen LogP contribution in [-0.2, 0) is 16.1 Å². The van der Waals surface area contributed by atoms with E-state index in [1.54, 1.807) is 24.3 Å². The number of aliphatic hydroxyl groups excluding tert-OH is 3. The van der Waals surface area contributed by atoms with Gasteiger partial charge in [0.05, 0.1) is 5.69 Å². The number of aromatic hydroxyl groups is 1. The molecule has 5 N–H and O–H groups in total. The Balaban J connectivity index is 1.22. The molecule has 5 atom stereocenters. The van der Waals surface area contributed by atoms with Crippen molar-refractivity contribution in [2.45, 2.75) is 57.0 Å². The molecule has 0 saturated carbocycles. The zero-order valence-corrected chi connectivity index (χ0v) is 25.0. The second kappa shape index (κ2) is 13.1. The van der Waals surface area contributed by atoms with Crippen molar-refractivity contribution in [1.82, 2.24) is 9.47 Å². The fourth-order valence-electron chi connectivity index (χ4n) is 6.19. The predicted octanol–water partition coefficient (Wildman–Crippen LogP) is 3.12. The highest BCUT2D eigenvalue weighted by molar-refractivity contribution is 5.92. The molecule has 4 aromatic rings. The van der Waals surface area contributed by atoms with E-state index in [0.29, 0.717) is 13.2 Å². The fraction of sp³-hybridized carbons (Fsp3) is 0.382. The van der Waals surface area contributed by atoms with E-state index in [-0.39, 0.29) is 11.5 Å². The first-order valence-corrected chi connectivity index (χ1v) is 15.1. The van der Waals surface area contributed by atoms with E-state index < -0.39 is 36.7 Å². The summed E-state index contributed by atoms with van der Waals surface area (Å²) in [5.41, 5.74) is 4.81. The number of carbonyl (C=O) groups is 1.